The van der Waals surface area contributed by atoms with Gasteiger partial charge in [-0.05, 0) is 37.0 Å². The van der Waals surface area contributed by atoms with Crippen LogP contribution in [0.3, 0.4) is 0 Å². The lowest BCUT2D eigenvalue weighted by molar-refractivity contribution is 0.0446. The van der Waals surface area contributed by atoms with E-state index in [9.17, 15) is 5.11 Å². The molecule has 0 amide bonds. The van der Waals surface area contributed by atoms with Crippen LogP contribution in [0.15, 0.2) is 18.2 Å². The second-order valence-corrected chi connectivity index (χ2v) is 6.18. The van der Waals surface area contributed by atoms with Crippen molar-refractivity contribution in [3.05, 3.63) is 23.8 Å². The quantitative estimate of drug-likeness (QED) is 0.876. The van der Waals surface area contributed by atoms with E-state index >= 15 is 0 Å². The lowest BCUT2D eigenvalue weighted by Crippen LogP contribution is -2.39. The van der Waals surface area contributed by atoms with Crippen molar-refractivity contribution >= 4 is 0 Å². The van der Waals surface area contributed by atoms with Gasteiger partial charge in [0.15, 0.2) is 11.5 Å². The summed E-state index contributed by atoms with van der Waals surface area (Å²) in [6.45, 7) is 4.06. The highest BCUT2D eigenvalue weighted by Gasteiger charge is 2.31. The lowest BCUT2D eigenvalue weighted by Gasteiger charge is -2.27. The molecule has 1 fully saturated rings. The summed E-state index contributed by atoms with van der Waals surface area (Å²) in [5.74, 6) is 1.66. The molecule has 1 unspecified atom stereocenters. The largest absolute Gasteiger partial charge is 0.486 e. The van der Waals surface area contributed by atoms with Crippen LogP contribution in [0.25, 0.3) is 0 Å². The number of rotatable bonds is 5. The molecule has 1 atom stereocenters. The average Bonchev–Trinajstić information content (AvgIpc) is 2.95. The van der Waals surface area contributed by atoms with E-state index < -0.39 is 5.60 Å². The third kappa shape index (κ3) is 3.33. The summed E-state index contributed by atoms with van der Waals surface area (Å²) in [6.07, 6.45) is 5.09. The summed E-state index contributed by atoms with van der Waals surface area (Å²) >= 11 is 0. The molecule has 1 saturated carbocycles. The first-order chi connectivity index (χ1) is 10.2. The van der Waals surface area contributed by atoms with Crippen molar-refractivity contribution in [3.8, 4) is 11.5 Å². The molecule has 2 N–H and O–H groups in total. The highest BCUT2D eigenvalue weighted by molar-refractivity contribution is 5.44. The SMILES string of the molecule is CCC(NCC1(O)CCCC1)c1ccc2c(c1)OCCO2. The van der Waals surface area contributed by atoms with Crippen LogP contribution in [0.5, 0.6) is 11.5 Å². The third-order valence-corrected chi connectivity index (χ3v) is 4.59. The van der Waals surface area contributed by atoms with Gasteiger partial charge in [0.2, 0.25) is 0 Å². The van der Waals surface area contributed by atoms with Gasteiger partial charge in [0.05, 0.1) is 5.60 Å². The maximum Gasteiger partial charge on any atom is 0.161 e. The molecule has 1 aliphatic carbocycles. The van der Waals surface area contributed by atoms with E-state index in [1.807, 2.05) is 6.07 Å². The Morgan fingerprint density at radius 3 is 2.62 bits per heavy atom. The summed E-state index contributed by atoms with van der Waals surface area (Å²) in [7, 11) is 0. The highest BCUT2D eigenvalue weighted by atomic mass is 16.6. The number of fused-ring (bicyclic) bond motifs is 1. The van der Waals surface area contributed by atoms with E-state index in [0.717, 1.165) is 43.6 Å². The lowest BCUT2D eigenvalue weighted by atomic mass is 9.99. The fraction of sp³-hybridized carbons (Fsp3) is 0.647. The van der Waals surface area contributed by atoms with E-state index in [2.05, 4.69) is 24.4 Å². The fourth-order valence-electron chi connectivity index (χ4n) is 3.30. The van der Waals surface area contributed by atoms with Crippen LogP contribution in [0, 0.1) is 0 Å². The van der Waals surface area contributed by atoms with Crippen LogP contribution < -0.4 is 14.8 Å². The maximum absolute atomic E-state index is 10.5. The third-order valence-electron chi connectivity index (χ3n) is 4.59. The predicted octanol–water partition coefficient (Wildman–Crippen LogP) is 2.80. The first kappa shape index (κ1) is 14.7. The zero-order valence-electron chi connectivity index (χ0n) is 12.7. The molecule has 1 aromatic carbocycles. The van der Waals surface area contributed by atoms with E-state index in [1.165, 1.54) is 5.56 Å². The summed E-state index contributed by atoms with van der Waals surface area (Å²) in [5.41, 5.74) is 0.685. The van der Waals surface area contributed by atoms with E-state index in [0.29, 0.717) is 19.8 Å². The van der Waals surface area contributed by atoms with Crippen molar-refractivity contribution in [3.63, 3.8) is 0 Å². The first-order valence-corrected chi connectivity index (χ1v) is 8.05. The molecule has 0 aromatic heterocycles. The highest BCUT2D eigenvalue weighted by Crippen LogP contribution is 2.34. The molecule has 1 heterocycles. The fourth-order valence-corrected chi connectivity index (χ4v) is 3.30. The van der Waals surface area contributed by atoms with Gasteiger partial charge in [0.1, 0.15) is 13.2 Å². The molecule has 116 valence electrons. The molecule has 4 nitrogen and oxygen atoms in total. The number of ether oxygens (including phenoxy) is 2. The molecule has 21 heavy (non-hydrogen) atoms. The standard InChI is InChI=1S/C17H25NO3/c1-2-14(18-12-17(19)7-3-4-8-17)13-5-6-15-16(11-13)21-10-9-20-15/h5-6,11,14,18-19H,2-4,7-10,12H2,1H3. The minimum atomic E-state index is -0.513. The Morgan fingerprint density at radius 1 is 1.19 bits per heavy atom. The minimum Gasteiger partial charge on any atom is -0.486 e. The summed E-state index contributed by atoms with van der Waals surface area (Å²) in [4.78, 5) is 0. The Labute approximate surface area is 126 Å². The minimum absolute atomic E-state index is 0.241. The molecule has 1 aliphatic heterocycles. The van der Waals surface area contributed by atoms with E-state index in [1.54, 1.807) is 0 Å². The van der Waals surface area contributed by atoms with Gasteiger partial charge in [-0.3, -0.25) is 0 Å². The van der Waals surface area contributed by atoms with Gasteiger partial charge in [-0.15, -0.1) is 0 Å². The molecule has 0 spiro atoms. The Morgan fingerprint density at radius 2 is 1.90 bits per heavy atom. The molecular weight excluding hydrogens is 266 g/mol. The van der Waals surface area contributed by atoms with Crippen LogP contribution in [0.4, 0.5) is 0 Å². The number of aliphatic hydroxyl groups is 1. The van der Waals surface area contributed by atoms with Crippen LogP contribution >= 0.6 is 0 Å². The smallest absolute Gasteiger partial charge is 0.161 e. The van der Waals surface area contributed by atoms with Gasteiger partial charge in [-0.25, -0.2) is 0 Å². The summed E-state index contributed by atoms with van der Waals surface area (Å²) in [6, 6.07) is 6.38. The van der Waals surface area contributed by atoms with Crippen molar-refractivity contribution in [2.75, 3.05) is 19.8 Å². The monoisotopic (exact) mass is 291 g/mol. The predicted molar refractivity (Wildman–Crippen MR) is 81.9 cm³/mol. The zero-order valence-corrected chi connectivity index (χ0v) is 12.7. The van der Waals surface area contributed by atoms with Gasteiger partial charge in [0, 0.05) is 12.6 Å². The molecule has 0 saturated heterocycles. The Bertz CT molecular complexity index is 483. The number of benzene rings is 1. The van der Waals surface area contributed by atoms with Crippen molar-refractivity contribution in [1.29, 1.82) is 0 Å². The van der Waals surface area contributed by atoms with Crippen LogP contribution in [-0.2, 0) is 0 Å². The van der Waals surface area contributed by atoms with Gasteiger partial charge in [-0.2, -0.15) is 0 Å². The van der Waals surface area contributed by atoms with Crippen molar-refractivity contribution in [2.45, 2.75) is 50.7 Å². The van der Waals surface area contributed by atoms with Crippen LogP contribution in [0.1, 0.15) is 50.6 Å². The van der Waals surface area contributed by atoms with E-state index in [-0.39, 0.29) is 6.04 Å². The van der Waals surface area contributed by atoms with Gasteiger partial charge in [0.25, 0.3) is 0 Å². The Kier molecular flexibility index (Phi) is 4.36. The average molecular weight is 291 g/mol. The maximum atomic E-state index is 10.5. The Hall–Kier alpha value is -1.26. The molecule has 0 radical (unpaired) electrons. The van der Waals surface area contributed by atoms with Gasteiger partial charge in [-0.1, -0.05) is 25.8 Å². The van der Waals surface area contributed by atoms with Crippen molar-refractivity contribution in [2.24, 2.45) is 0 Å². The Balaban J connectivity index is 1.68. The molecular formula is C17H25NO3. The molecule has 3 rings (SSSR count). The van der Waals surface area contributed by atoms with Crippen LogP contribution in [-0.4, -0.2) is 30.5 Å². The zero-order chi connectivity index (χ0) is 14.7. The molecule has 1 aromatic rings. The molecule has 0 bridgehead atoms. The first-order valence-electron chi connectivity index (χ1n) is 8.05. The molecule has 4 heteroatoms. The summed E-state index contributed by atoms with van der Waals surface area (Å²) in [5, 5.41) is 14.0. The number of hydrogen-bond donors (Lipinski definition) is 2. The molecule has 2 aliphatic rings. The van der Waals surface area contributed by atoms with Gasteiger partial charge < -0.3 is 19.9 Å². The van der Waals surface area contributed by atoms with Crippen LogP contribution in [0.2, 0.25) is 0 Å². The topological polar surface area (TPSA) is 50.7 Å². The number of hydrogen-bond acceptors (Lipinski definition) is 4. The van der Waals surface area contributed by atoms with E-state index in [4.69, 9.17) is 9.47 Å². The van der Waals surface area contributed by atoms with Gasteiger partial charge >= 0.3 is 0 Å². The normalized spacial score (nSPS) is 21.2. The summed E-state index contributed by atoms with van der Waals surface area (Å²) < 4.78 is 11.2. The van der Waals surface area contributed by atoms with Crippen molar-refractivity contribution < 1.29 is 14.6 Å². The second kappa shape index (κ2) is 6.24. The number of nitrogens with one attached hydrogen (secondary N) is 1. The second-order valence-electron chi connectivity index (χ2n) is 6.18. The van der Waals surface area contributed by atoms with Crippen molar-refractivity contribution in [1.82, 2.24) is 5.32 Å².